The minimum absolute atomic E-state index is 0.00918. The number of thiophene rings is 1. The van der Waals surface area contributed by atoms with Crippen molar-refractivity contribution in [3.05, 3.63) is 21.3 Å². The van der Waals surface area contributed by atoms with Gasteiger partial charge in [-0.05, 0) is 63.1 Å². The van der Waals surface area contributed by atoms with Crippen molar-refractivity contribution in [2.45, 2.75) is 45.1 Å². The highest BCUT2D eigenvalue weighted by Gasteiger charge is 2.55. The largest absolute Gasteiger partial charge is 0.338 e. The number of nitrogens with zero attached hydrogens (tertiary/aromatic N) is 3. The molecule has 9 heteroatoms. The molecule has 0 aliphatic carbocycles. The Hall–Kier alpha value is -1.64. The van der Waals surface area contributed by atoms with Crippen LogP contribution in [-0.4, -0.2) is 78.4 Å². The van der Waals surface area contributed by atoms with Crippen LogP contribution in [-0.2, 0) is 4.79 Å². The van der Waals surface area contributed by atoms with E-state index in [1.165, 1.54) is 16.2 Å². The molecule has 0 radical (unpaired) electrons. The summed E-state index contributed by atoms with van der Waals surface area (Å²) in [5, 5.41) is 5.40. The Morgan fingerprint density at radius 3 is 2.55 bits per heavy atom. The normalized spacial score (nSPS) is 22.7. The monoisotopic (exact) mass is 468 g/mol. The van der Waals surface area contributed by atoms with Crippen molar-refractivity contribution in [2.24, 2.45) is 11.8 Å². The summed E-state index contributed by atoms with van der Waals surface area (Å²) in [6, 6.07) is 1.45. The van der Waals surface area contributed by atoms with Gasteiger partial charge in [0.05, 0.1) is 5.02 Å². The zero-order valence-corrected chi connectivity index (χ0v) is 20.4. The summed E-state index contributed by atoms with van der Waals surface area (Å²) in [5.41, 5.74) is -0.872. The predicted octanol–water partition coefficient (Wildman–Crippen LogP) is 3.54. The molecule has 1 aromatic heterocycles. The maximum atomic E-state index is 13.5. The van der Waals surface area contributed by atoms with Gasteiger partial charge in [0.2, 0.25) is 0 Å². The molecule has 0 saturated carbocycles. The Balaban J connectivity index is 1.74. The maximum Gasteiger partial charge on any atom is 0.325 e. The molecule has 0 bridgehead atoms. The SMILES string of the molecule is CC(C)CC[C@@]1(C2CCN(C(=O)c3sccc3Cl)CC2)NC(=O)N(CCN(C)C)C1=O. The van der Waals surface area contributed by atoms with E-state index >= 15 is 0 Å². The summed E-state index contributed by atoms with van der Waals surface area (Å²) in [6.45, 7) is 6.39. The molecule has 1 atom stereocenters. The fraction of sp³-hybridized carbons (Fsp3) is 0.682. The summed E-state index contributed by atoms with van der Waals surface area (Å²) < 4.78 is 0. The van der Waals surface area contributed by atoms with E-state index in [9.17, 15) is 14.4 Å². The highest BCUT2D eigenvalue weighted by molar-refractivity contribution is 7.12. The highest BCUT2D eigenvalue weighted by Crippen LogP contribution is 2.38. The molecule has 4 amide bonds. The van der Waals surface area contributed by atoms with Gasteiger partial charge in [-0.25, -0.2) is 4.79 Å². The molecule has 2 aliphatic rings. The first-order valence-corrected chi connectivity index (χ1v) is 12.2. The third-order valence-electron chi connectivity index (χ3n) is 6.38. The van der Waals surface area contributed by atoms with Crippen molar-refractivity contribution in [1.82, 2.24) is 20.0 Å². The second-order valence-electron chi connectivity index (χ2n) is 9.26. The number of carbonyl (C=O) groups excluding carboxylic acids is 3. The van der Waals surface area contributed by atoms with Gasteiger partial charge in [-0.3, -0.25) is 14.5 Å². The van der Waals surface area contributed by atoms with Gasteiger partial charge in [0, 0.05) is 26.2 Å². The van der Waals surface area contributed by atoms with E-state index < -0.39 is 5.54 Å². The zero-order chi connectivity index (χ0) is 22.8. The van der Waals surface area contributed by atoms with Crippen molar-refractivity contribution >= 4 is 40.8 Å². The van der Waals surface area contributed by atoms with Crippen molar-refractivity contribution < 1.29 is 14.4 Å². The first-order chi connectivity index (χ1) is 14.7. The van der Waals surface area contributed by atoms with E-state index in [4.69, 9.17) is 11.6 Å². The molecule has 2 fully saturated rings. The number of halogens is 1. The van der Waals surface area contributed by atoms with Crippen LogP contribution in [0.1, 0.15) is 49.2 Å². The fourth-order valence-corrected chi connectivity index (χ4v) is 5.58. The number of hydrogen-bond acceptors (Lipinski definition) is 5. The van der Waals surface area contributed by atoms with Crippen LogP contribution in [0.2, 0.25) is 5.02 Å². The maximum absolute atomic E-state index is 13.5. The number of likely N-dealkylation sites (N-methyl/N-ethyl adjacent to an activating group) is 1. The lowest BCUT2D eigenvalue weighted by Crippen LogP contribution is -2.56. The number of amides is 4. The van der Waals surface area contributed by atoms with E-state index in [1.54, 1.807) is 6.07 Å². The zero-order valence-electron chi connectivity index (χ0n) is 18.8. The molecule has 0 spiro atoms. The average molecular weight is 469 g/mol. The van der Waals surface area contributed by atoms with Crippen LogP contribution in [0.5, 0.6) is 0 Å². The topological polar surface area (TPSA) is 73.0 Å². The minimum atomic E-state index is -0.872. The Morgan fingerprint density at radius 1 is 1.32 bits per heavy atom. The van der Waals surface area contributed by atoms with Crippen molar-refractivity contribution in [3.8, 4) is 0 Å². The van der Waals surface area contributed by atoms with Gasteiger partial charge in [0.15, 0.2) is 0 Å². The molecule has 172 valence electrons. The van der Waals surface area contributed by atoms with Gasteiger partial charge in [0.1, 0.15) is 10.4 Å². The van der Waals surface area contributed by atoms with Crippen LogP contribution in [0.3, 0.4) is 0 Å². The molecule has 7 nitrogen and oxygen atoms in total. The third kappa shape index (κ3) is 5.07. The van der Waals surface area contributed by atoms with E-state index in [2.05, 4.69) is 19.2 Å². The van der Waals surface area contributed by atoms with E-state index in [-0.39, 0.29) is 23.8 Å². The molecular formula is C22H33ClN4O3S. The molecule has 1 aromatic rings. The standard InChI is InChI=1S/C22H33ClN4O3S/c1-15(2)5-9-22(20(29)27(21(30)24-22)13-12-25(3)4)16-6-10-26(11-7-16)19(28)18-17(23)8-14-31-18/h8,14-16H,5-7,9-13H2,1-4H3,(H,24,30)/t22-/m0/s1. The molecule has 3 rings (SSSR count). The first-order valence-electron chi connectivity index (χ1n) is 11.0. The van der Waals surface area contributed by atoms with Gasteiger partial charge < -0.3 is 15.1 Å². The lowest BCUT2D eigenvalue weighted by Gasteiger charge is -2.41. The first kappa shape index (κ1) is 24.0. The van der Waals surface area contributed by atoms with Gasteiger partial charge in [-0.1, -0.05) is 25.4 Å². The fourth-order valence-electron chi connectivity index (χ4n) is 4.48. The summed E-state index contributed by atoms with van der Waals surface area (Å²) in [4.78, 5) is 44.8. The van der Waals surface area contributed by atoms with Gasteiger partial charge in [0.25, 0.3) is 11.8 Å². The number of urea groups is 1. The van der Waals surface area contributed by atoms with Gasteiger partial charge >= 0.3 is 6.03 Å². The number of imide groups is 1. The summed E-state index contributed by atoms with van der Waals surface area (Å²) in [6.07, 6.45) is 2.85. The van der Waals surface area contributed by atoms with E-state index in [1.807, 2.05) is 29.3 Å². The lowest BCUT2D eigenvalue weighted by atomic mass is 9.74. The molecule has 0 aromatic carbocycles. The molecule has 1 N–H and O–H groups in total. The number of rotatable bonds is 8. The molecule has 3 heterocycles. The Morgan fingerprint density at radius 2 is 2.00 bits per heavy atom. The lowest BCUT2D eigenvalue weighted by molar-refractivity contribution is -0.134. The molecule has 0 unspecified atom stereocenters. The number of likely N-dealkylation sites (tertiary alicyclic amines) is 1. The number of piperidine rings is 1. The van der Waals surface area contributed by atoms with Crippen LogP contribution in [0.15, 0.2) is 11.4 Å². The van der Waals surface area contributed by atoms with Crippen LogP contribution < -0.4 is 5.32 Å². The molecule has 2 saturated heterocycles. The van der Waals surface area contributed by atoms with Gasteiger partial charge in [-0.2, -0.15) is 0 Å². The van der Waals surface area contributed by atoms with Crippen molar-refractivity contribution in [3.63, 3.8) is 0 Å². The second-order valence-corrected chi connectivity index (χ2v) is 10.6. The second kappa shape index (κ2) is 9.88. The number of hydrogen-bond donors (Lipinski definition) is 1. The van der Waals surface area contributed by atoms with Crippen LogP contribution in [0.4, 0.5) is 4.79 Å². The number of nitrogens with one attached hydrogen (secondary N) is 1. The van der Waals surface area contributed by atoms with Crippen LogP contribution in [0, 0.1) is 11.8 Å². The van der Waals surface area contributed by atoms with Crippen LogP contribution >= 0.6 is 22.9 Å². The quantitative estimate of drug-likeness (QED) is 0.592. The Labute approximate surface area is 193 Å². The number of carbonyl (C=O) groups is 3. The van der Waals surface area contributed by atoms with Crippen LogP contribution in [0.25, 0.3) is 0 Å². The Kier molecular flexibility index (Phi) is 7.65. The summed E-state index contributed by atoms with van der Waals surface area (Å²) in [7, 11) is 3.86. The minimum Gasteiger partial charge on any atom is -0.338 e. The molecular weight excluding hydrogens is 436 g/mol. The van der Waals surface area contributed by atoms with E-state index in [0.717, 1.165) is 6.42 Å². The van der Waals surface area contributed by atoms with E-state index in [0.29, 0.717) is 61.3 Å². The molecule has 2 aliphatic heterocycles. The molecule has 31 heavy (non-hydrogen) atoms. The van der Waals surface area contributed by atoms with Crippen molar-refractivity contribution in [2.75, 3.05) is 40.3 Å². The average Bonchev–Trinajstić information content (AvgIpc) is 3.25. The summed E-state index contributed by atoms with van der Waals surface area (Å²) >= 11 is 7.50. The smallest absolute Gasteiger partial charge is 0.325 e. The third-order valence-corrected chi connectivity index (χ3v) is 7.71. The Bertz CT molecular complexity index is 819. The predicted molar refractivity (Wildman–Crippen MR) is 124 cm³/mol. The summed E-state index contributed by atoms with van der Waals surface area (Å²) in [5.74, 6) is 0.283. The van der Waals surface area contributed by atoms with Gasteiger partial charge in [-0.15, -0.1) is 11.3 Å². The highest BCUT2D eigenvalue weighted by atomic mass is 35.5. The van der Waals surface area contributed by atoms with Crippen molar-refractivity contribution in [1.29, 1.82) is 0 Å².